The number of nitrogens with zero attached hydrogens (tertiary/aromatic N) is 5. The molecule has 9 nitrogen and oxygen atoms in total. The van der Waals surface area contributed by atoms with Crippen molar-refractivity contribution in [3.63, 3.8) is 0 Å². The Labute approximate surface area is 137 Å². The van der Waals surface area contributed by atoms with E-state index in [1.54, 1.807) is 24.0 Å². The molecule has 3 aromatic heterocycles. The van der Waals surface area contributed by atoms with Crippen molar-refractivity contribution in [2.75, 3.05) is 0 Å². The molecule has 0 saturated heterocycles. The second-order valence-electron chi connectivity index (χ2n) is 5.56. The SMILES string of the molecule is CCCn1c(=O)c2[nH]c(Oc3ccn(C)n3)nc2n(CCC)c1=O. The van der Waals surface area contributed by atoms with Gasteiger partial charge in [0.2, 0.25) is 5.88 Å². The van der Waals surface area contributed by atoms with Crippen LogP contribution in [0.2, 0.25) is 0 Å². The summed E-state index contributed by atoms with van der Waals surface area (Å²) in [7, 11) is 1.77. The Bertz CT molecular complexity index is 977. The molecule has 0 unspecified atom stereocenters. The van der Waals surface area contributed by atoms with Crippen LogP contribution in [0.1, 0.15) is 26.7 Å². The van der Waals surface area contributed by atoms with Crippen LogP contribution in [0, 0.1) is 0 Å². The minimum absolute atomic E-state index is 0.138. The lowest BCUT2D eigenvalue weighted by atomic mass is 10.4. The first kappa shape index (κ1) is 16.0. The fraction of sp³-hybridized carbons (Fsp3) is 0.467. The van der Waals surface area contributed by atoms with Crippen molar-refractivity contribution in [2.24, 2.45) is 7.05 Å². The molecule has 0 saturated carbocycles. The number of hydrogen-bond donors (Lipinski definition) is 1. The summed E-state index contributed by atoms with van der Waals surface area (Å²) in [5, 5.41) is 4.10. The number of hydrogen-bond acceptors (Lipinski definition) is 5. The molecule has 3 aromatic rings. The number of nitrogens with one attached hydrogen (secondary N) is 1. The average Bonchev–Trinajstić information content (AvgIpc) is 3.15. The predicted molar refractivity (Wildman–Crippen MR) is 88.5 cm³/mol. The minimum Gasteiger partial charge on any atom is -0.405 e. The summed E-state index contributed by atoms with van der Waals surface area (Å²) < 4.78 is 9.89. The van der Waals surface area contributed by atoms with Gasteiger partial charge in [-0.1, -0.05) is 13.8 Å². The van der Waals surface area contributed by atoms with Crippen LogP contribution in [0.25, 0.3) is 11.2 Å². The predicted octanol–water partition coefficient (Wildman–Crippen LogP) is 1.23. The van der Waals surface area contributed by atoms with Crippen molar-refractivity contribution in [1.29, 1.82) is 0 Å². The fourth-order valence-electron chi connectivity index (χ4n) is 2.59. The standard InChI is InChI=1S/C15H20N6O3/c1-4-7-20-12-11(13(22)21(8-5-2)15(20)23)16-14(17-12)24-10-6-9-19(3)18-10/h6,9H,4-5,7-8H2,1-3H3,(H,16,17). The van der Waals surface area contributed by atoms with Gasteiger partial charge in [-0.2, -0.15) is 4.98 Å². The second kappa shape index (κ2) is 6.34. The van der Waals surface area contributed by atoms with E-state index in [1.807, 2.05) is 13.8 Å². The van der Waals surface area contributed by atoms with E-state index in [9.17, 15) is 9.59 Å². The van der Waals surface area contributed by atoms with Crippen LogP contribution >= 0.6 is 0 Å². The molecule has 0 spiro atoms. The van der Waals surface area contributed by atoms with Crippen LogP contribution in [0.5, 0.6) is 11.9 Å². The molecule has 0 radical (unpaired) electrons. The highest BCUT2D eigenvalue weighted by molar-refractivity contribution is 5.70. The Morgan fingerprint density at radius 2 is 1.88 bits per heavy atom. The van der Waals surface area contributed by atoms with E-state index in [2.05, 4.69) is 15.1 Å². The van der Waals surface area contributed by atoms with E-state index < -0.39 is 0 Å². The molecule has 128 valence electrons. The fourth-order valence-corrected chi connectivity index (χ4v) is 2.59. The van der Waals surface area contributed by atoms with Gasteiger partial charge in [0.05, 0.1) is 0 Å². The number of H-pyrrole nitrogens is 1. The molecule has 0 atom stereocenters. The van der Waals surface area contributed by atoms with Gasteiger partial charge < -0.3 is 9.72 Å². The summed E-state index contributed by atoms with van der Waals surface area (Å²) in [6, 6.07) is 1.82. The first-order valence-corrected chi connectivity index (χ1v) is 7.96. The van der Waals surface area contributed by atoms with E-state index in [4.69, 9.17) is 4.74 Å². The maximum absolute atomic E-state index is 12.6. The topological polar surface area (TPSA) is 99.7 Å². The number of imidazole rings is 1. The first-order valence-electron chi connectivity index (χ1n) is 7.96. The summed E-state index contributed by atoms with van der Waals surface area (Å²) in [4.78, 5) is 32.3. The quantitative estimate of drug-likeness (QED) is 0.732. The van der Waals surface area contributed by atoms with Gasteiger partial charge in [0.1, 0.15) is 0 Å². The number of aryl methyl sites for hydroxylation is 2. The van der Waals surface area contributed by atoms with Crippen LogP contribution < -0.4 is 16.0 Å². The number of aromatic nitrogens is 6. The van der Waals surface area contributed by atoms with Gasteiger partial charge in [-0.3, -0.25) is 18.6 Å². The smallest absolute Gasteiger partial charge is 0.332 e. The molecule has 0 fully saturated rings. The Morgan fingerprint density at radius 1 is 1.17 bits per heavy atom. The molecule has 0 aliphatic carbocycles. The summed E-state index contributed by atoms with van der Waals surface area (Å²) >= 11 is 0. The van der Waals surface area contributed by atoms with Gasteiger partial charge >= 0.3 is 11.7 Å². The monoisotopic (exact) mass is 332 g/mol. The van der Waals surface area contributed by atoms with Crippen molar-refractivity contribution in [2.45, 2.75) is 39.8 Å². The number of ether oxygens (including phenoxy) is 1. The maximum atomic E-state index is 12.6. The van der Waals surface area contributed by atoms with E-state index in [0.717, 1.165) is 6.42 Å². The molecule has 9 heteroatoms. The van der Waals surface area contributed by atoms with Crippen molar-refractivity contribution in [1.82, 2.24) is 28.9 Å². The van der Waals surface area contributed by atoms with Crippen LogP contribution in [-0.2, 0) is 20.1 Å². The zero-order valence-corrected chi connectivity index (χ0v) is 13.9. The number of aromatic amines is 1. The number of rotatable bonds is 6. The van der Waals surface area contributed by atoms with Crippen molar-refractivity contribution < 1.29 is 4.74 Å². The lowest BCUT2D eigenvalue weighted by Crippen LogP contribution is -2.40. The van der Waals surface area contributed by atoms with Gasteiger partial charge in [-0.15, -0.1) is 5.10 Å². The third kappa shape index (κ3) is 2.72. The molecule has 0 aliphatic rings. The molecule has 1 N–H and O–H groups in total. The highest BCUT2D eigenvalue weighted by Gasteiger charge is 2.17. The van der Waals surface area contributed by atoms with E-state index in [-0.39, 0.29) is 22.8 Å². The normalized spacial score (nSPS) is 11.3. The molecule has 0 aliphatic heterocycles. The summed E-state index contributed by atoms with van der Waals surface area (Å²) in [5.41, 5.74) is -0.146. The van der Waals surface area contributed by atoms with Crippen LogP contribution in [-0.4, -0.2) is 28.9 Å². The van der Waals surface area contributed by atoms with Crippen molar-refractivity contribution in [3.8, 4) is 11.9 Å². The molecule has 0 aromatic carbocycles. The molecular weight excluding hydrogens is 312 g/mol. The first-order chi connectivity index (χ1) is 11.5. The van der Waals surface area contributed by atoms with Crippen LogP contribution in [0.15, 0.2) is 21.9 Å². The third-order valence-corrected chi connectivity index (χ3v) is 3.62. The zero-order chi connectivity index (χ0) is 17.3. The van der Waals surface area contributed by atoms with Gasteiger partial charge in [0, 0.05) is 32.4 Å². The number of fused-ring (bicyclic) bond motifs is 1. The molecular formula is C15H20N6O3. The lowest BCUT2D eigenvalue weighted by molar-refractivity contribution is 0.424. The van der Waals surface area contributed by atoms with Gasteiger partial charge in [0.25, 0.3) is 5.56 Å². The van der Waals surface area contributed by atoms with Gasteiger partial charge in [-0.05, 0) is 12.8 Å². The average molecular weight is 332 g/mol. The molecule has 3 heterocycles. The van der Waals surface area contributed by atoms with Crippen molar-refractivity contribution in [3.05, 3.63) is 33.1 Å². The Balaban J connectivity index is 2.16. The molecule has 0 bridgehead atoms. The third-order valence-electron chi connectivity index (χ3n) is 3.62. The van der Waals surface area contributed by atoms with Crippen LogP contribution in [0.3, 0.4) is 0 Å². The summed E-state index contributed by atoms with van der Waals surface area (Å²) in [5.74, 6) is 0.356. The van der Waals surface area contributed by atoms with Crippen molar-refractivity contribution >= 4 is 11.2 Å². The highest BCUT2D eigenvalue weighted by Crippen LogP contribution is 2.18. The highest BCUT2D eigenvalue weighted by atomic mass is 16.5. The molecule has 24 heavy (non-hydrogen) atoms. The van der Waals surface area contributed by atoms with Gasteiger partial charge in [-0.25, -0.2) is 4.79 Å². The zero-order valence-electron chi connectivity index (χ0n) is 13.9. The Morgan fingerprint density at radius 3 is 2.50 bits per heavy atom. The van der Waals surface area contributed by atoms with E-state index in [1.165, 1.54) is 9.13 Å². The maximum Gasteiger partial charge on any atom is 0.332 e. The van der Waals surface area contributed by atoms with Crippen LogP contribution in [0.4, 0.5) is 0 Å². The Kier molecular flexibility index (Phi) is 4.24. The summed E-state index contributed by atoms with van der Waals surface area (Å²) in [6.07, 6.45) is 3.18. The lowest BCUT2D eigenvalue weighted by Gasteiger charge is -2.09. The minimum atomic E-state index is -0.382. The summed E-state index contributed by atoms with van der Waals surface area (Å²) in [6.45, 7) is 4.73. The van der Waals surface area contributed by atoms with Gasteiger partial charge in [0.15, 0.2) is 11.2 Å². The van der Waals surface area contributed by atoms with E-state index in [0.29, 0.717) is 31.0 Å². The second-order valence-corrected chi connectivity index (χ2v) is 5.56. The molecule has 3 rings (SSSR count). The molecule has 0 amide bonds. The Hall–Kier alpha value is -2.84. The van der Waals surface area contributed by atoms with E-state index >= 15 is 0 Å². The largest absolute Gasteiger partial charge is 0.405 e.